The van der Waals surface area contributed by atoms with Crippen LogP contribution in [0.15, 0.2) is 60.8 Å². The zero-order valence-corrected chi connectivity index (χ0v) is 17.2. The minimum absolute atomic E-state index is 0.131. The first-order valence-corrected chi connectivity index (χ1v) is 9.44. The Balaban J connectivity index is 1.81. The van der Waals surface area contributed by atoms with E-state index in [2.05, 4.69) is 20.6 Å². The highest BCUT2D eigenvalue weighted by atomic mass is 19.4. The van der Waals surface area contributed by atoms with Gasteiger partial charge in [-0.3, -0.25) is 25.4 Å². The Bertz CT molecular complexity index is 1210. The molecule has 0 unspecified atom stereocenters. The van der Waals surface area contributed by atoms with Gasteiger partial charge in [0.15, 0.2) is 0 Å². The van der Waals surface area contributed by atoms with E-state index in [0.717, 1.165) is 36.4 Å². The van der Waals surface area contributed by atoms with Crippen molar-refractivity contribution in [3.63, 3.8) is 0 Å². The summed E-state index contributed by atoms with van der Waals surface area (Å²) in [7, 11) is 0. The van der Waals surface area contributed by atoms with Crippen molar-refractivity contribution in [1.29, 1.82) is 0 Å². The van der Waals surface area contributed by atoms with Crippen LogP contribution in [0.5, 0.6) is 5.75 Å². The van der Waals surface area contributed by atoms with E-state index in [9.17, 15) is 35.9 Å². The van der Waals surface area contributed by atoms with Crippen LogP contribution in [0.4, 0.5) is 32.0 Å². The van der Waals surface area contributed by atoms with Crippen LogP contribution in [0.2, 0.25) is 0 Å². The highest BCUT2D eigenvalue weighted by Gasteiger charge is 2.32. The summed E-state index contributed by atoms with van der Waals surface area (Å²) >= 11 is 0. The van der Waals surface area contributed by atoms with Crippen molar-refractivity contribution >= 4 is 17.4 Å². The summed E-state index contributed by atoms with van der Waals surface area (Å²) in [4.78, 5) is 29.5. The first-order chi connectivity index (χ1) is 15.8. The van der Waals surface area contributed by atoms with Gasteiger partial charge in [-0.1, -0.05) is 12.1 Å². The van der Waals surface area contributed by atoms with Crippen molar-refractivity contribution in [1.82, 2.24) is 10.4 Å². The molecule has 0 spiro atoms. The average Bonchev–Trinajstić information content (AvgIpc) is 2.75. The van der Waals surface area contributed by atoms with E-state index in [1.165, 1.54) is 24.4 Å². The molecule has 2 aromatic carbocycles. The van der Waals surface area contributed by atoms with E-state index in [4.69, 9.17) is 0 Å². The van der Waals surface area contributed by atoms with Crippen molar-refractivity contribution in [2.24, 2.45) is 0 Å². The van der Waals surface area contributed by atoms with Crippen molar-refractivity contribution in [2.75, 3.05) is 5.43 Å². The number of nitrogens with one attached hydrogen (secondary N) is 2. The molecule has 0 bridgehead atoms. The summed E-state index contributed by atoms with van der Waals surface area (Å²) in [5.41, 5.74) is 3.69. The maximum Gasteiger partial charge on any atom is 0.573 e. The number of alkyl halides is 6. The average molecular weight is 483 g/mol. The quantitative estimate of drug-likeness (QED) is 0.283. The lowest BCUT2D eigenvalue weighted by molar-refractivity contribution is -0.274. The molecule has 0 aliphatic rings. The molecule has 0 aliphatic carbocycles. The maximum absolute atomic E-state index is 12.9. The number of carbonyl (C=O) groups excluding carboxylic acids is 2. The molecule has 1 amide bonds. The van der Waals surface area contributed by atoms with Gasteiger partial charge in [-0.15, -0.1) is 13.2 Å². The monoisotopic (exact) mass is 483 g/mol. The molecule has 0 radical (unpaired) electrons. The van der Waals surface area contributed by atoms with Gasteiger partial charge in [0.2, 0.25) is 5.78 Å². The topological polar surface area (TPSA) is 80.3 Å². The third-order valence-electron chi connectivity index (χ3n) is 4.35. The molecule has 1 heterocycles. The molecule has 178 valence electrons. The normalized spacial score (nSPS) is 11.6. The number of nitrogens with zero attached hydrogens (tertiary/aromatic N) is 1. The van der Waals surface area contributed by atoms with Crippen molar-refractivity contribution in [3.8, 4) is 5.75 Å². The van der Waals surface area contributed by atoms with Crippen molar-refractivity contribution < 1.29 is 40.7 Å². The van der Waals surface area contributed by atoms with Gasteiger partial charge >= 0.3 is 12.5 Å². The van der Waals surface area contributed by atoms with Crippen LogP contribution >= 0.6 is 0 Å². The first kappa shape index (κ1) is 24.6. The molecule has 3 aromatic rings. The summed E-state index contributed by atoms with van der Waals surface area (Å²) in [6.45, 7) is 1.60. The highest BCUT2D eigenvalue weighted by molar-refractivity contribution is 6.14. The van der Waals surface area contributed by atoms with Crippen LogP contribution in [0.25, 0.3) is 0 Å². The number of pyridine rings is 1. The second-order valence-corrected chi connectivity index (χ2v) is 6.97. The van der Waals surface area contributed by atoms with Crippen LogP contribution in [0, 0.1) is 6.92 Å². The molecule has 0 saturated heterocycles. The van der Waals surface area contributed by atoms with Gasteiger partial charge in [0.1, 0.15) is 11.4 Å². The Morgan fingerprint density at radius 1 is 0.941 bits per heavy atom. The van der Waals surface area contributed by atoms with Crippen molar-refractivity contribution in [3.05, 3.63) is 88.7 Å². The molecule has 34 heavy (non-hydrogen) atoms. The summed E-state index contributed by atoms with van der Waals surface area (Å²) in [6.07, 6.45) is -8.19. The van der Waals surface area contributed by atoms with Crippen LogP contribution < -0.4 is 15.6 Å². The Kier molecular flexibility index (Phi) is 6.80. The molecule has 0 saturated carbocycles. The number of halogens is 6. The second-order valence-electron chi connectivity index (χ2n) is 6.97. The minimum atomic E-state index is -4.96. The van der Waals surface area contributed by atoms with Gasteiger partial charge in [-0.25, -0.2) is 0 Å². The Morgan fingerprint density at radius 3 is 2.24 bits per heavy atom. The fourth-order valence-electron chi connectivity index (χ4n) is 2.83. The van der Waals surface area contributed by atoms with E-state index in [1.807, 2.05) is 0 Å². The predicted molar refractivity (Wildman–Crippen MR) is 108 cm³/mol. The summed E-state index contributed by atoms with van der Waals surface area (Å²) < 4.78 is 79.3. The van der Waals surface area contributed by atoms with E-state index in [-0.39, 0.29) is 22.5 Å². The number of anilines is 1. The van der Waals surface area contributed by atoms with Crippen molar-refractivity contribution in [2.45, 2.75) is 19.5 Å². The number of aryl methyl sites for hydroxylation is 1. The largest absolute Gasteiger partial charge is 0.573 e. The van der Waals surface area contributed by atoms with Gasteiger partial charge < -0.3 is 4.74 Å². The van der Waals surface area contributed by atoms with Gasteiger partial charge in [0.25, 0.3) is 5.91 Å². The minimum Gasteiger partial charge on any atom is -0.406 e. The number of ketones is 1. The Morgan fingerprint density at radius 2 is 1.62 bits per heavy atom. The van der Waals surface area contributed by atoms with E-state index in [0.29, 0.717) is 5.56 Å². The number of benzene rings is 2. The van der Waals surface area contributed by atoms with Gasteiger partial charge in [-0.05, 0) is 55.0 Å². The summed E-state index contributed by atoms with van der Waals surface area (Å²) in [6, 6.07) is 9.42. The molecule has 0 atom stereocenters. The van der Waals surface area contributed by atoms with E-state index in [1.54, 1.807) is 6.92 Å². The third kappa shape index (κ3) is 6.24. The molecular formula is C22H15F6N3O3. The number of rotatable bonds is 6. The molecule has 12 heteroatoms. The Hall–Kier alpha value is -4.09. The fraction of sp³-hybridized carbons (Fsp3) is 0.136. The standard InChI is InChI=1S/C22H15F6N3O3/c1-12-9-17(20(33)31-30-15-7-5-14(6-8-15)21(23,24)25)18(29-11-12)19(32)13-3-2-4-16(10-13)34-22(26,27)28/h2-11,30H,1H3,(H,31,33). The van der Waals surface area contributed by atoms with Gasteiger partial charge in [0, 0.05) is 11.8 Å². The number of hydrazine groups is 1. The molecule has 1 aromatic heterocycles. The third-order valence-corrected chi connectivity index (χ3v) is 4.35. The van der Waals surface area contributed by atoms with Crippen LogP contribution in [-0.2, 0) is 6.18 Å². The zero-order chi connectivity index (χ0) is 25.1. The number of ether oxygens (including phenoxy) is 1. The molecule has 2 N–H and O–H groups in total. The van der Waals surface area contributed by atoms with E-state index >= 15 is 0 Å². The number of aromatic nitrogens is 1. The molecule has 3 rings (SSSR count). The van der Waals surface area contributed by atoms with Gasteiger partial charge in [0.05, 0.1) is 16.8 Å². The molecule has 0 aliphatic heterocycles. The zero-order valence-electron chi connectivity index (χ0n) is 17.2. The smallest absolute Gasteiger partial charge is 0.406 e. The Labute approximate surface area is 188 Å². The van der Waals surface area contributed by atoms with E-state index < -0.39 is 35.5 Å². The highest BCUT2D eigenvalue weighted by Crippen LogP contribution is 2.30. The number of hydrogen-bond donors (Lipinski definition) is 2. The summed E-state index contributed by atoms with van der Waals surface area (Å²) in [5, 5.41) is 0. The SMILES string of the molecule is Cc1cnc(C(=O)c2cccc(OC(F)(F)F)c2)c(C(=O)NNc2ccc(C(F)(F)F)cc2)c1. The van der Waals surface area contributed by atoms with Crippen LogP contribution in [-0.4, -0.2) is 23.0 Å². The number of hydrogen-bond acceptors (Lipinski definition) is 5. The maximum atomic E-state index is 12.9. The predicted octanol–water partition coefficient (Wildman–Crippen LogP) is 5.30. The first-order valence-electron chi connectivity index (χ1n) is 9.44. The van der Waals surface area contributed by atoms with Crippen LogP contribution in [0.3, 0.4) is 0 Å². The van der Waals surface area contributed by atoms with Crippen LogP contribution in [0.1, 0.15) is 37.5 Å². The van der Waals surface area contributed by atoms with Gasteiger partial charge in [-0.2, -0.15) is 13.2 Å². The lowest BCUT2D eigenvalue weighted by Gasteiger charge is -2.13. The lowest BCUT2D eigenvalue weighted by Crippen LogP contribution is -2.31. The summed E-state index contributed by atoms with van der Waals surface area (Å²) in [5.74, 6) is -2.31. The molecule has 6 nitrogen and oxygen atoms in total. The fourth-order valence-corrected chi connectivity index (χ4v) is 2.83. The second kappa shape index (κ2) is 9.41. The molecular weight excluding hydrogens is 468 g/mol. The number of amides is 1. The number of carbonyl (C=O) groups is 2. The molecule has 0 fully saturated rings. The lowest BCUT2D eigenvalue weighted by atomic mass is 10.0.